The van der Waals surface area contributed by atoms with Crippen LogP contribution in [0.1, 0.15) is 11.4 Å². The van der Waals surface area contributed by atoms with Crippen LogP contribution in [0.4, 0.5) is 0 Å². The van der Waals surface area contributed by atoms with Crippen molar-refractivity contribution >= 4 is 12.6 Å². The van der Waals surface area contributed by atoms with Crippen LogP contribution >= 0.6 is 12.6 Å². The van der Waals surface area contributed by atoms with E-state index in [0.717, 1.165) is 5.56 Å². The second kappa shape index (κ2) is 4.99. The maximum atomic E-state index is 5.58. The second-order valence-corrected chi connectivity index (χ2v) is 3.86. The van der Waals surface area contributed by atoms with Gasteiger partial charge in [0.2, 0.25) is 5.88 Å². The Kier molecular flexibility index (Phi) is 3.41. The lowest BCUT2D eigenvalue weighted by Crippen LogP contribution is -2.00. The molecule has 0 aliphatic rings. The topological polar surface area (TPSA) is 35.0 Å². The summed E-state index contributed by atoms with van der Waals surface area (Å²) in [7, 11) is 0. The summed E-state index contributed by atoms with van der Waals surface area (Å²) in [5.41, 5.74) is 1.10. The molecule has 0 amide bonds. The molecule has 3 nitrogen and oxygen atoms in total. The van der Waals surface area contributed by atoms with Crippen molar-refractivity contribution in [1.29, 1.82) is 0 Å². The summed E-state index contributed by atoms with van der Waals surface area (Å²) in [6, 6.07) is 9.94. The summed E-state index contributed by atoms with van der Waals surface area (Å²) in [6.07, 6.45) is 1.64. The molecule has 1 heterocycles. The minimum Gasteiger partial charge on any atom is -0.472 e. The number of hydrogen-bond donors (Lipinski definition) is 1. The first-order chi connectivity index (χ1) is 7.75. The molecular weight excluding hydrogens is 220 g/mol. The molecule has 1 aromatic heterocycles. The van der Waals surface area contributed by atoms with Gasteiger partial charge in [0.05, 0.1) is 4.90 Å². The molecule has 0 unspecified atom stereocenters. The molecule has 0 saturated carbocycles. The Hall–Kier alpha value is -1.55. The van der Waals surface area contributed by atoms with Crippen molar-refractivity contribution in [1.82, 2.24) is 9.97 Å². The molecule has 16 heavy (non-hydrogen) atoms. The highest BCUT2D eigenvalue weighted by Crippen LogP contribution is 2.19. The van der Waals surface area contributed by atoms with Crippen molar-refractivity contribution in [2.75, 3.05) is 0 Å². The average Bonchev–Trinajstić information content (AvgIpc) is 2.32. The molecule has 82 valence electrons. The number of hydrogen-bond acceptors (Lipinski definition) is 4. The fourth-order valence-electron chi connectivity index (χ4n) is 1.28. The van der Waals surface area contributed by atoms with Gasteiger partial charge in [-0.1, -0.05) is 30.3 Å². The number of nitrogens with zero attached hydrogens (tertiary/aromatic N) is 2. The average molecular weight is 232 g/mol. The normalized spacial score (nSPS) is 10.1. The molecule has 2 aromatic rings. The lowest BCUT2D eigenvalue weighted by Gasteiger charge is -2.07. The quantitative estimate of drug-likeness (QED) is 0.826. The van der Waals surface area contributed by atoms with Crippen molar-refractivity contribution in [2.45, 2.75) is 18.4 Å². The van der Waals surface area contributed by atoms with Crippen LogP contribution in [0.15, 0.2) is 41.4 Å². The van der Waals surface area contributed by atoms with Gasteiger partial charge in [-0.15, -0.1) is 12.6 Å². The zero-order chi connectivity index (χ0) is 11.4. The second-order valence-electron chi connectivity index (χ2n) is 3.38. The molecule has 0 saturated heterocycles. The van der Waals surface area contributed by atoms with Crippen LogP contribution in [0.5, 0.6) is 5.88 Å². The zero-order valence-electron chi connectivity index (χ0n) is 8.92. The third-order valence-electron chi connectivity index (χ3n) is 2.07. The Morgan fingerprint density at radius 1 is 1.25 bits per heavy atom. The molecule has 0 radical (unpaired) electrons. The lowest BCUT2D eigenvalue weighted by molar-refractivity contribution is 0.284. The van der Waals surface area contributed by atoms with Gasteiger partial charge in [-0.25, -0.2) is 4.98 Å². The largest absolute Gasteiger partial charge is 0.472 e. The minimum atomic E-state index is 0.491. The highest BCUT2D eigenvalue weighted by Gasteiger charge is 2.03. The fourth-order valence-corrected chi connectivity index (χ4v) is 1.45. The summed E-state index contributed by atoms with van der Waals surface area (Å²) < 4.78 is 5.58. The third kappa shape index (κ3) is 2.73. The molecular formula is C12H12N2OS. The molecule has 0 aliphatic carbocycles. The van der Waals surface area contributed by atoms with Crippen molar-refractivity contribution in [2.24, 2.45) is 0 Å². The monoisotopic (exact) mass is 232 g/mol. The number of aryl methyl sites for hydroxylation is 1. The summed E-state index contributed by atoms with van der Waals surface area (Å²) in [5.74, 6) is 1.21. The van der Waals surface area contributed by atoms with Crippen LogP contribution in [0.25, 0.3) is 0 Å². The van der Waals surface area contributed by atoms with Crippen LogP contribution < -0.4 is 4.74 Å². The van der Waals surface area contributed by atoms with Gasteiger partial charge in [-0.05, 0) is 12.5 Å². The van der Waals surface area contributed by atoms with E-state index in [-0.39, 0.29) is 0 Å². The Bertz CT molecular complexity index is 474. The van der Waals surface area contributed by atoms with Crippen LogP contribution in [-0.4, -0.2) is 9.97 Å². The van der Waals surface area contributed by atoms with Crippen LogP contribution in [-0.2, 0) is 6.61 Å². The van der Waals surface area contributed by atoms with E-state index >= 15 is 0 Å². The summed E-state index contributed by atoms with van der Waals surface area (Å²) in [4.78, 5) is 8.86. The van der Waals surface area contributed by atoms with E-state index in [2.05, 4.69) is 22.6 Å². The van der Waals surface area contributed by atoms with E-state index in [0.29, 0.717) is 23.2 Å². The number of ether oxygens (including phenoxy) is 1. The van der Waals surface area contributed by atoms with Crippen LogP contribution in [0.3, 0.4) is 0 Å². The van der Waals surface area contributed by atoms with Gasteiger partial charge in [-0.3, -0.25) is 0 Å². The SMILES string of the molecule is Cc1ncc(S)c(OCc2ccccc2)n1. The predicted molar refractivity (Wildman–Crippen MR) is 64.8 cm³/mol. The molecule has 2 rings (SSSR count). The Morgan fingerprint density at radius 2 is 2.00 bits per heavy atom. The smallest absolute Gasteiger partial charge is 0.230 e. The van der Waals surface area contributed by atoms with Gasteiger partial charge >= 0.3 is 0 Å². The van der Waals surface area contributed by atoms with E-state index in [1.54, 1.807) is 6.20 Å². The molecule has 0 atom stereocenters. The van der Waals surface area contributed by atoms with Crippen LogP contribution in [0.2, 0.25) is 0 Å². The van der Waals surface area contributed by atoms with E-state index in [4.69, 9.17) is 4.74 Å². The molecule has 4 heteroatoms. The van der Waals surface area contributed by atoms with Crippen molar-refractivity contribution in [3.63, 3.8) is 0 Å². The summed E-state index contributed by atoms with van der Waals surface area (Å²) in [6.45, 7) is 2.31. The first-order valence-corrected chi connectivity index (χ1v) is 5.40. The van der Waals surface area contributed by atoms with E-state index in [9.17, 15) is 0 Å². The first kappa shape index (κ1) is 11.0. The maximum Gasteiger partial charge on any atom is 0.230 e. The molecule has 0 fully saturated rings. The van der Waals surface area contributed by atoms with E-state index < -0.39 is 0 Å². The number of thiol groups is 1. The number of rotatable bonds is 3. The van der Waals surface area contributed by atoms with Crippen molar-refractivity contribution < 1.29 is 4.74 Å². The Labute approximate surface area is 99.9 Å². The molecule has 1 aromatic carbocycles. The Balaban J connectivity index is 2.08. The van der Waals surface area contributed by atoms with Crippen molar-refractivity contribution in [3.05, 3.63) is 47.9 Å². The van der Waals surface area contributed by atoms with E-state index in [1.807, 2.05) is 37.3 Å². The van der Waals surface area contributed by atoms with Crippen molar-refractivity contribution in [3.8, 4) is 5.88 Å². The number of benzene rings is 1. The third-order valence-corrected chi connectivity index (χ3v) is 2.38. The first-order valence-electron chi connectivity index (χ1n) is 4.95. The minimum absolute atomic E-state index is 0.491. The van der Waals surface area contributed by atoms with Gasteiger partial charge in [0.25, 0.3) is 0 Å². The Morgan fingerprint density at radius 3 is 2.75 bits per heavy atom. The van der Waals surface area contributed by atoms with Gasteiger partial charge in [0.15, 0.2) is 0 Å². The van der Waals surface area contributed by atoms with Gasteiger partial charge in [0.1, 0.15) is 12.4 Å². The predicted octanol–water partition coefficient (Wildman–Crippen LogP) is 2.65. The van der Waals surface area contributed by atoms with Gasteiger partial charge in [0, 0.05) is 6.20 Å². The standard InChI is InChI=1S/C12H12N2OS/c1-9-13-7-11(16)12(14-9)15-8-10-5-3-2-4-6-10/h2-7,16H,8H2,1H3. The zero-order valence-corrected chi connectivity index (χ0v) is 9.82. The molecule has 0 aliphatic heterocycles. The number of aromatic nitrogens is 2. The molecule has 0 bridgehead atoms. The molecule has 0 spiro atoms. The van der Waals surface area contributed by atoms with Gasteiger partial charge < -0.3 is 4.74 Å². The highest BCUT2D eigenvalue weighted by molar-refractivity contribution is 7.80. The van der Waals surface area contributed by atoms with Gasteiger partial charge in [-0.2, -0.15) is 4.98 Å². The van der Waals surface area contributed by atoms with Crippen LogP contribution in [0, 0.1) is 6.92 Å². The highest BCUT2D eigenvalue weighted by atomic mass is 32.1. The van der Waals surface area contributed by atoms with E-state index in [1.165, 1.54) is 0 Å². The maximum absolute atomic E-state index is 5.58. The summed E-state index contributed by atoms with van der Waals surface area (Å²) >= 11 is 4.24. The lowest BCUT2D eigenvalue weighted by atomic mass is 10.2. The molecule has 0 N–H and O–H groups in total. The summed E-state index contributed by atoms with van der Waals surface area (Å²) in [5, 5.41) is 0. The fraction of sp³-hybridized carbons (Fsp3) is 0.167.